The van der Waals surface area contributed by atoms with Crippen molar-refractivity contribution in [2.45, 2.75) is 37.5 Å². The van der Waals surface area contributed by atoms with Crippen LogP contribution in [0.25, 0.3) is 100 Å². The van der Waals surface area contributed by atoms with Crippen molar-refractivity contribution in [1.29, 1.82) is 0 Å². The van der Waals surface area contributed by atoms with Gasteiger partial charge < -0.3 is 4.42 Å². The third-order valence-corrected chi connectivity index (χ3v) is 15.6. The Bertz CT molecular complexity index is 3450. The molecule has 4 nitrogen and oxygen atoms in total. The Morgan fingerprint density at radius 1 is 0.365 bits per heavy atom. The first kappa shape index (κ1) is 35.4. The van der Waals surface area contributed by atoms with Gasteiger partial charge in [-0.3, -0.25) is 0 Å². The van der Waals surface area contributed by atoms with Crippen LogP contribution >= 0.6 is 0 Å². The minimum Gasteiger partial charge on any atom is -0.456 e. The fourth-order valence-corrected chi connectivity index (χ4v) is 13.2. The molecule has 0 amide bonds. The normalized spacial score (nSPS) is 21.7. The molecule has 10 aromatic rings. The Balaban J connectivity index is 0.897. The van der Waals surface area contributed by atoms with Gasteiger partial charge in [0.15, 0.2) is 17.5 Å². The van der Waals surface area contributed by atoms with Crippen LogP contribution in [-0.4, -0.2) is 15.0 Å². The quantitative estimate of drug-likeness (QED) is 0.174. The summed E-state index contributed by atoms with van der Waals surface area (Å²) in [6, 6.07) is 63.6. The van der Waals surface area contributed by atoms with E-state index in [1.165, 1.54) is 59.7 Å². The maximum Gasteiger partial charge on any atom is 0.164 e. The monoisotopic (exact) mass is 809 g/mol. The highest BCUT2D eigenvalue weighted by molar-refractivity contribution is 6.08. The van der Waals surface area contributed by atoms with Crippen LogP contribution in [0.5, 0.6) is 0 Å². The smallest absolute Gasteiger partial charge is 0.164 e. The van der Waals surface area contributed by atoms with Crippen molar-refractivity contribution in [1.82, 2.24) is 15.0 Å². The average molecular weight is 810 g/mol. The van der Waals surface area contributed by atoms with Crippen molar-refractivity contribution in [2.75, 3.05) is 0 Å². The summed E-state index contributed by atoms with van der Waals surface area (Å²) >= 11 is 0. The van der Waals surface area contributed by atoms with Crippen molar-refractivity contribution < 1.29 is 4.42 Å². The van der Waals surface area contributed by atoms with Crippen LogP contribution in [0.4, 0.5) is 0 Å². The Kier molecular flexibility index (Phi) is 7.54. The number of fused-ring (bicyclic) bond motifs is 7. The van der Waals surface area contributed by atoms with Crippen LogP contribution in [0.15, 0.2) is 180 Å². The zero-order valence-corrected chi connectivity index (χ0v) is 34.8. The maximum absolute atomic E-state index is 6.12. The molecule has 4 heteroatoms. The Morgan fingerprint density at radius 2 is 0.921 bits per heavy atom. The molecule has 4 saturated carbocycles. The zero-order valence-electron chi connectivity index (χ0n) is 34.8. The van der Waals surface area contributed by atoms with E-state index in [0.29, 0.717) is 17.5 Å². The molecule has 4 bridgehead atoms. The first-order chi connectivity index (χ1) is 31.2. The molecule has 0 N–H and O–H groups in total. The molecule has 5 aliphatic rings. The van der Waals surface area contributed by atoms with Crippen LogP contribution in [0, 0.1) is 23.7 Å². The van der Waals surface area contributed by atoms with E-state index in [9.17, 15) is 0 Å². The lowest BCUT2D eigenvalue weighted by Crippen LogP contribution is -2.55. The molecule has 1 spiro atoms. The van der Waals surface area contributed by atoms with Crippen molar-refractivity contribution in [3.63, 3.8) is 0 Å². The SMILES string of the molecule is c1ccc(-c2nc(-c3ccc(-c4ccc5oc6ccccc6c5c4)cc3)nc(-c3ccc(-c4cccc5c4-c4ccccc4C54C5CC6CC(C5)CC4C6)c4ccccc34)n2)cc1. The molecule has 15 rings (SSSR count). The van der Waals surface area contributed by atoms with Gasteiger partial charge in [-0.15, -0.1) is 0 Å². The molecule has 0 saturated heterocycles. The van der Waals surface area contributed by atoms with Gasteiger partial charge >= 0.3 is 0 Å². The number of aromatic nitrogens is 3. The van der Waals surface area contributed by atoms with E-state index >= 15 is 0 Å². The number of rotatable bonds is 5. The van der Waals surface area contributed by atoms with E-state index in [1.54, 1.807) is 11.1 Å². The number of para-hydroxylation sites is 1. The summed E-state index contributed by atoms with van der Waals surface area (Å²) in [6.45, 7) is 0. The topological polar surface area (TPSA) is 51.8 Å². The van der Waals surface area contributed by atoms with Gasteiger partial charge in [0.05, 0.1) is 0 Å². The van der Waals surface area contributed by atoms with E-state index in [-0.39, 0.29) is 5.41 Å². The van der Waals surface area contributed by atoms with Gasteiger partial charge in [0.25, 0.3) is 0 Å². The average Bonchev–Trinajstić information content (AvgIpc) is 3.86. The maximum atomic E-state index is 6.12. The summed E-state index contributed by atoms with van der Waals surface area (Å²) in [6.07, 6.45) is 6.98. The standard InChI is InChI=1S/C59H43N3O/c1-2-11-38(12-3-1)56-60-57(39-23-21-37(22-24-39)40-25-28-54-50(34-40)46-15-7-9-20-53(46)63-54)62-58(61-56)48-27-26-45(43-13-4-5-14-44(43)48)47-17-10-19-52-55(47)49-16-6-8-18-51(49)59(52)41-30-35-29-36(32-41)33-42(59)31-35/h1-28,34-36,41-42H,29-33H2. The summed E-state index contributed by atoms with van der Waals surface area (Å²) in [5, 5.41) is 4.59. The molecular weight excluding hydrogens is 767 g/mol. The van der Waals surface area contributed by atoms with E-state index in [2.05, 4.69) is 146 Å². The molecule has 0 atom stereocenters. The third-order valence-electron chi connectivity index (χ3n) is 15.6. The van der Waals surface area contributed by atoms with Crippen LogP contribution in [-0.2, 0) is 5.41 Å². The third kappa shape index (κ3) is 5.18. The fourth-order valence-electron chi connectivity index (χ4n) is 13.2. The zero-order chi connectivity index (χ0) is 41.2. The number of benzene rings is 8. The van der Waals surface area contributed by atoms with E-state index < -0.39 is 0 Å². The van der Waals surface area contributed by atoms with Gasteiger partial charge in [0.2, 0.25) is 0 Å². The largest absolute Gasteiger partial charge is 0.456 e. The molecule has 300 valence electrons. The second kappa shape index (κ2) is 13.4. The highest BCUT2D eigenvalue weighted by Crippen LogP contribution is 2.70. The van der Waals surface area contributed by atoms with Crippen LogP contribution < -0.4 is 0 Å². The highest BCUT2D eigenvalue weighted by atomic mass is 16.3. The van der Waals surface area contributed by atoms with Crippen molar-refractivity contribution in [3.05, 3.63) is 187 Å². The second-order valence-electron chi connectivity index (χ2n) is 18.7. The van der Waals surface area contributed by atoms with Crippen LogP contribution in [0.1, 0.15) is 43.2 Å². The molecular formula is C59H43N3O. The predicted octanol–water partition coefficient (Wildman–Crippen LogP) is 15.0. The first-order valence-corrected chi connectivity index (χ1v) is 22.8. The summed E-state index contributed by atoms with van der Waals surface area (Å²) in [5.74, 6) is 5.25. The number of hydrogen-bond donors (Lipinski definition) is 0. The van der Waals surface area contributed by atoms with E-state index in [1.807, 2.05) is 30.3 Å². The summed E-state index contributed by atoms with van der Waals surface area (Å²) < 4.78 is 6.12. The van der Waals surface area contributed by atoms with Crippen LogP contribution in [0.3, 0.4) is 0 Å². The van der Waals surface area contributed by atoms with Gasteiger partial charge in [-0.05, 0) is 135 Å². The summed E-state index contributed by atoms with van der Waals surface area (Å²) in [4.78, 5) is 15.6. The first-order valence-electron chi connectivity index (χ1n) is 22.8. The van der Waals surface area contributed by atoms with Gasteiger partial charge in [-0.1, -0.05) is 152 Å². The minimum atomic E-state index is 0.126. The van der Waals surface area contributed by atoms with Crippen molar-refractivity contribution in [2.24, 2.45) is 23.7 Å². The summed E-state index contributed by atoms with van der Waals surface area (Å²) in [7, 11) is 0. The number of hydrogen-bond acceptors (Lipinski definition) is 4. The second-order valence-corrected chi connectivity index (χ2v) is 18.7. The Labute approximate surface area is 366 Å². The van der Waals surface area contributed by atoms with Gasteiger partial charge in [-0.2, -0.15) is 0 Å². The lowest BCUT2D eigenvalue weighted by atomic mass is 9.43. The molecule has 2 aromatic heterocycles. The lowest BCUT2D eigenvalue weighted by molar-refractivity contribution is -0.0399. The van der Waals surface area contributed by atoms with E-state index in [4.69, 9.17) is 19.4 Å². The van der Waals surface area contributed by atoms with Gasteiger partial charge in [0, 0.05) is 32.9 Å². The van der Waals surface area contributed by atoms with Gasteiger partial charge in [0.1, 0.15) is 11.2 Å². The molecule has 8 aromatic carbocycles. The fraction of sp³-hybridized carbons (Fsp3) is 0.169. The number of nitrogens with zero attached hydrogens (tertiary/aromatic N) is 3. The Hall–Kier alpha value is -7.17. The van der Waals surface area contributed by atoms with E-state index in [0.717, 1.165) is 78.8 Å². The minimum absolute atomic E-state index is 0.126. The molecule has 4 fully saturated rings. The molecule has 0 unspecified atom stereocenters. The van der Waals surface area contributed by atoms with Crippen molar-refractivity contribution >= 4 is 32.7 Å². The molecule has 5 aliphatic carbocycles. The summed E-state index contributed by atoms with van der Waals surface area (Å²) in [5.41, 5.74) is 15.7. The van der Waals surface area contributed by atoms with Crippen molar-refractivity contribution in [3.8, 4) is 67.5 Å². The van der Waals surface area contributed by atoms with Gasteiger partial charge in [-0.25, -0.2) is 15.0 Å². The lowest BCUT2D eigenvalue weighted by Gasteiger charge is -2.61. The molecule has 2 heterocycles. The number of furan rings is 1. The Morgan fingerprint density at radius 3 is 1.70 bits per heavy atom. The predicted molar refractivity (Wildman–Crippen MR) is 255 cm³/mol. The molecule has 0 aliphatic heterocycles. The highest BCUT2D eigenvalue weighted by Gasteiger charge is 2.61. The molecule has 0 radical (unpaired) electrons. The van der Waals surface area contributed by atoms with Crippen LogP contribution in [0.2, 0.25) is 0 Å². The molecule has 63 heavy (non-hydrogen) atoms.